The standard InChI is InChI=1S/C10H22N2O/c1-10(2,7-11)8-12(5-6-13)9-3-4-9/h9,13H,3-8,11H2,1-2H3. The van der Waals surface area contributed by atoms with Gasteiger partial charge in [0.05, 0.1) is 6.61 Å². The minimum absolute atomic E-state index is 0.178. The SMILES string of the molecule is CC(C)(CN)CN(CCO)C1CC1. The number of aliphatic hydroxyl groups is 1. The minimum atomic E-state index is 0.178. The number of rotatable bonds is 6. The zero-order chi connectivity index (χ0) is 9.90. The Morgan fingerprint density at radius 1 is 1.46 bits per heavy atom. The third-order valence-corrected chi connectivity index (χ3v) is 2.63. The quantitative estimate of drug-likeness (QED) is 0.632. The summed E-state index contributed by atoms with van der Waals surface area (Å²) in [7, 11) is 0. The fourth-order valence-electron chi connectivity index (χ4n) is 1.57. The average molecular weight is 186 g/mol. The highest BCUT2D eigenvalue weighted by Crippen LogP contribution is 2.29. The van der Waals surface area contributed by atoms with Crippen molar-refractivity contribution in [1.82, 2.24) is 4.90 Å². The van der Waals surface area contributed by atoms with Crippen LogP contribution in [0.3, 0.4) is 0 Å². The van der Waals surface area contributed by atoms with E-state index in [1.54, 1.807) is 0 Å². The zero-order valence-electron chi connectivity index (χ0n) is 8.79. The second kappa shape index (κ2) is 4.40. The van der Waals surface area contributed by atoms with E-state index in [1.165, 1.54) is 12.8 Å². The molecule has 0 heterocycles. The van der Waals surface area contributed by atoms with E-state index >= 15 is 0 Å². The number of aliphatic hydroxyl groups excluding tert-OH is 1. The topological polar surface area (TPSA) is 49.5 Å². The van der Waals surface area contributed by atoms with Gasteiger partial charge in [0, 0.05) is 19.1 Å². The first-order valence-electron chi connectivity index (χ1n) is 5.14. The van der Waals surface area contributed by atoms with Gasteiger partial charge in [-0.1, -0.05) is 13.8 Å². The summed E-state index contributed by atoms with van der Waals surface area (Å²) < 4.78 is 0. The molecule has 1 fully saturated rings. The monoisotopic (exact) mass is 186 g/mol. The van der Waals surface area contributed by atoms with E-state index in [0.29, 0.717) is 6.54 Å². The van der Waals surface area contributed by atoms with Crippen LogP contribution >= 0.6 is 0 Å². The maximum Gasteiger partial charge on any atom is 0.0558 e. The van der Waals surface area contributed by atoms with Crippen molar-refractivity contribution in [3.05, 3.63) is 0 Å². The lowest BCUT2D eigenvalue weighted by Gasteiger charge is -2.31. The first kappa shape index (κ1) is 11.0. The maximum atomic E-state index is 8.91. The van der Waals surface area contributed by atoms with Gasteiger partial charge in [0.15, 0.2) is 0 Å². The second-order valence-corrected chi connectivity index (χ2v) is 4.79. The number of nitrogens with two attached hydrogens (primary N) is 1. The van der Waals surface area contributed by atoms with Crippen LogP contribution in [0.25, 0.3) is 0 Å². The Balaban J connectivity index is 2.36. The molecule has 0 aliphatic heterocycles. The molecule has 1 aliphatic rings. The smallest absolute Gasteiger partial charge is 0.0558 e. The Labute approximate surface area is 80.9 Å². The molecule has 0 spiro atoms. The third-order valence-electron chi connectivity index (χ3n) is 2.63. The molecule has 1 saturated carbocycles. The Bertz CT molecular complexity index is 155. The molecule has 1 rings (SSSR count). The summed E-state index contributed by atoms with van der Waals surface area (Å²) in [5, 5.41) is 8.91. The van der Waals surface area contributed by atoms with E-state index in [1.807, 2.05) is 0 Å². The van der Waals surface area contributed by atoms with Gasteiger partial charge in [-0.2, -0.15) is 0 Å². The molecule has 3 heteroatoms. The predicted molar refractivity (Wildman–Crippen MR) is 54.5 cm³/mol. The van der Waals surface area contributed by atoms with Crippen LogP contribution in [0.4, 0.5) is 0 Å². The lowest BCUT2D eigenvalue weighted by molar-refractivity contribution is 0.140. The Kier molecular flexibility index (Phi) is 3.71. The molecule has 3 N–H and O–H groups in total. The highest BCUT2D eigenvalue weighted by Gasteiger charge is 2.31. The molecule has 3 nitrogen and oxygen atoms in total. The van der Waals surface area contributed by atoms with Crippen molar-refractivity contribution in [2.75, 3.05) is 26.2 Å². The zero-order valence-corrected chi connectivity index (χ0v) is 8.79. The lowest BCUT2D eigenvalue weighted by atomic mass is 9.93. The predicted octanol–water partition coefficient (Wildman–Crippen LogP) is 0.428. The Hall–Kier alpha value is -0.120. The third kappa shape index (κ3) is 3.63. The normalized spacial score (nSPS) is 18.2. The van der Waals surface area contributed by atoms with E-state index in [-0.39, 0.29) is 12.0 Å². The van der Waals surface area contributed by atoms with Crippen LogP contribution in [0.1, 0.15) is 26.7 Å². The molecule has 0 radical (unpaired) electrons. The van der Waals surface area contributed by atoms with Gasteiger partial charge in [-0.15, -0.1) is 0 Å². The molecule has 78 valence electrons. The minimum Gasteiger partial charge on any atom is -0.395 e. The van der Waals surface area contributed by atoms with E-state index in [2.05, 4.69) is 18.7 Å². The molecule has 1 aliphatic carbocycles. The molecule has 13 heavy (non-hydrogen) atoms. The number of hydrogen-bond donors (Lipinski definition) is 2. The molecule has 0 bridgehead atoms. The van der Waals surface area contributed by atoms with Gasteiger partial charge in [0.1, 0.15) is 0 Å². The van der Waals surface area contributed by atoms with Crippen LogP contribution in [0.15, 0.2) is 0 Å². The molecule has 0 saturated heterocycles. The van der Waals surface area contributed by atoms with Gasteiger partial charge >= 0.3 is 0 Å². The van der Waals surface area contributed by atoms with Crippen LogP contribution in [0, 0.1) is 5.41 Å². The summed E-state index contributed by atoms with van der Waals surface area (Å²) in [5.41, 5.74) is 5.86. The summed E-state index contributed by atoms with van der Waals surface area (Å²) in [6.07, 6.45) is 2.58. The van der Waals surface area contributed by atoms with E-state index in [0.717, 1.165) is 19.1 Å². The fraction of sp³-hybridized carbons (Fsp3) is 1.00. The van der Waals surface area contributed by atoms with Gasteiger partial charge in [-0.05, 0) is 24.8 Å². The molecule has 0 amide bonds. The molecule has 0 aromatic carbocycles. The highest BCUT2D eigenvalue weighted by atomic mass is 16.3. The van der Waals surface area contributed by atoms with Crippen molar-refractivity contribution in [1.29, 1.82) is 0 Å². The van der Waals surface area contributed by atoms with Crippen LogP contribution < -0.4 is 5.73 Å². The lowest BCUT2D eigenvalue weighted by Crippen LogP contribution is -2.41. The van der Waals surface area contributed by atoms with Gasteiger partial charge < -0.3 is 10.8 Å². The van der Waals surface area contributed by atoms with Crippen molar-refractivity contribution in [2.45, 2.75) is 32.7 Å². The molecule has 0 aromatic heterocycles. The van der Waals surface area contributed by atoms with Crippen molar-refractivity contribution in [2.24, 2.45) is 11.1 Å². The summed E-state index contributed by atoms with van der Waals surface area (Å²) in [6, 6.07) is 0.720. The van der Waals surface area contributed by atoms with Crippen molar-refractivity contribution in [3.8, 4) is 0 Å². The van der Waals surface area contributed by atoms with Gasteiger partial charge in [0.25, 0.3) is 0 Å². The van der Waals surface area contributed by atoms with Gasteiger partial charge in [-0.3, -0.25) is 4.90 Å². The average Bonchev–Trinajstić information content (AvgIpc) is 2.86. The van der Waals surface area contributed by atoms with Crippen LogP contribution in [0.2, 0.25) is 0 Å². The first-order valence-corrected chi connectivity index (χ1v) is 5.14. The van der Waals surface area contributed by atoms with E-state index < -0.39 is 0 Å². The van der Waals surface area contributed by atoms with E-state index in [9.17, 15) is 0 Å². The summed E-state index contributed by atoms with van der Waals surface area (Å²) in [4.78, 5) is 2.37. The van der Waals surface area contributed by atoms with Crippen molar-refractivity contribution >= 4 is 0 Å². The molecule has 0 aromatic rings. The molecular weight excluding hydrogens is 164 g/mol. The molecular formula is C10H22N2O. The summed E-state index contributed by atoms with van der Waals surface area (Å²) >= 11 is 0. The van der Waals surface area contributed by atoms with Crippen LogP contribution in [-0.4, -0.2) is 42.3 Å². The fourth-order valence-corrected chi connectivity index (χ4v) is 1.57. The second-order valence-electron chi connectivity index (χ2n) is 4.79. The molecule has 0 unspecified atom stereocenters. The van der Waals surface area contributed by atoms with Crippen LogP contribution in [-0.2, 0) is 0 Å². The van der Waals surface area contributed by atoms with E-state index in [4.69, 9.17) is 10.8 Å². The molecule has 0 atom stereocenters. The van der Waals surface area contributed by atoms with Crippen molar-refractivity contribution in [3.63, 3.8) is 0 Å². The largest absolute Gasteiger partial charge is 0.395 e. The van der Waals surface area contributed by atoms with Crippen LogP contribution in [0.5, 0.6) is 0 Å². The van der Waals surface area contributed by atoms with Crippen molar-refractivity contribution < 1.29 is 5.11 Å². The summed E-state index contributed by atoms with van der Waals surface area (Å²) in [6.45, 7) is 7.14. The van der Waals surface area contributed by atoms with Gasteiger partial charge in [-0.25, -0.2) is 0 Å². The summed E-state index contributed by atoms with van der Waals surface area (Å²) in [5.74, 6) is 0. The number of hydrogen-bond acceptors (Lipinski definition) is 3. The first-order chi connectivity index (χ1) is 6.09. The van der Waals surface area contributed by atoms with Gasteiger partial charge in [0.2, 0.25) is 0 Å². The highest BCUT2D eigenvalue weighted by molar-refractivity contribution is 4.87. The number of nitrogens with zero attached hydrogens (tertiary/aromatic N) is 1. The Morgan fingerprint density at radius 2 is 2.08 bits per heavy atom. The Morgan fingerprint density at radius 3 is 2.46 bits per heavy atom. The maximum absolute atomic E-state index is 8.91.